The van der Waals surface area contributed by atoms with Crippen molar-refractivity contribution in [2.24, 2.45) is 0 Å². The smallest absolute Gasteiger partial charge is 0.124 e. The van der Waals surface area contributed by atoms with E-state index in [4.69, 9.17) is 5.26 Å². The monoisotopic (exact) mass is 275 g/mol. The molecule has 1 saturated heterocycles. The molecule has 1 aliphatic rings. The van der Waals surface area contributed by atoms with Crippen LogP contribution in [-0.2, 0) is 6.54 Å². The van der Waals surface area contributed by atoms with Crippen molar-refractivity contribution >= 4 is 0 Å². The van der Waals surface area contributed by atoms with Gasteiger partial charge in [-0.15, -0.1) is 0 Å². The van der Waals surface area contributed by atoms with Crippen molar-refractivity contribution in [2.45, 2.75) is 38.8 Å². The zero-order chi connectivity index (χ0) is 14.4. The second kappa shape index (κ2) is 7.37. The van der Waals surface area contributed by atoms with E-state index in [2.05, 4.69) is 17.1 Å². The minimum absolute atomic E-state index is 0.343. The highest BCUT2D eigenvalue weighted by molar-refractivity contribution is 5.33. The van der Waals surface area contributed by atoms with Crippen molar-refractivity contribution < 1.29 is 4.39 Å². The fourth-order valence-electron chi connectivity index (χ4n) is 2.70. The van der Waals surface area contributed by atoms with Gasteiger partial charge in [0, 0.05) is 19.1 Å². The Labute approximate surface area is 120 Å². The van der Waals surface area contributed by atoms with Crippen LogP contribution in [0.5, 0.6) is 0 Å². The van der Waals surface area contributed by atoms with Gasteiger partial charge < -0.3 is 10.2 Å². The maximum absolute atomic E-state index is 13.3. The normalized spacial score (nSPS) is 17.6. The maximum Gasteiger partial charge on any atom is 0.124 e. The molecule has 1 atom stereocenters. The molecule has 0 amide bonds. The number of likely N-dealkylation sites (tertiary alicyclic amines) is 1. The molecule has 20 heavy (non-hydrogen) atoms. The van der Waals surface area contributed by atoms with E-state index in [0.717, 1.165) is 12.1 Å². The first kappa shape index (κ1) is 15.0. The first-order valence-corrected chi connectivity index (χ1v) is 7.32. The average Bonchev–Trinajstić information content (AvgIpc) is 2.45. The van der Waals surface area contributed by atoms with Crippen molar-refractivity contribution in [2.75, 3.05) is 19.6 Å². The minimum Gasteiger partial charge on any atom is -0.309 e. The number of nitrogens with one attached hydrogen (secondary N) is 1. The number of nitrogens with zero attached hydrogens (tertiary/aromatic N) is 2. The first-order chi connectivity index (χ1) is 9.67. The lowest BCUT2D eigenvalue weighted by Gasteiger charge is -2.29. The van der Waals surface area contributed by atoms with E-state index in [9.17, 15) is 4.39 Å². The van der Waals surface area contributed by atoms with Gasteiger partial charge in [-0.2, -0.15) is 5.26 Å². The molecule has 1 fully saturated rings. The van der Waals surface area contributed by atoms with Gasteiger partial charge in [0.15, 0.2) is 0 Å². The van der Waals surface area contributed by atoms with Gasteiger partial charge in [-0.25, -0.2) is 4.39 Å². The highest BCUT2D eigenvalue weighted by atomic mass is 19.1. The molecule has 0 aliphatic carbocycles. The third kappa shape index (κ3) is 4.59. The summed E-state index contributed by atoms with van der Waals surface area (Å²) in [6.07, 6.45) is 3.93. The van der Waals surface area contributed by atoms with E-state index in [1.807, 2.05) is 6.07 Å². The number of piperidine rings is 1. The van der Waals surface area contributed by atoms with Crippen LogP contribution in [0.2, 0.25) is 0 Å². The van der Waals surface area contributed by atoms with Gasteiger partial charge >= 0.3 is 0 Å². The van der Waals surface area contributed by atoms with E-state index in [1.54, 1.807) is 6.07 Å². The summed E-state index contributed by atoms with van der Waals surface area (Å²) in [6, 6.07) is 6.84. The van der Waals surface area contributed by atoms with Crippen molar-refractivity contribution in [3.63, 3.8) is 0 Å². The van der Waals surface area contributed by atoms with Gasteiger partial charge in [0.05, 0.1) is 11.6 Å². The molecule has 0 radical (unpaired) electrons. The van der Waals surface area contributed by atoms with Crippen molar-refractivity contribution in [3.05, 3.63) is 35.1 Å². The lowest BCUT2D eigenvalue weighted by atomic mass is 10.1. The van der Waals surface area contributed by atoms with Crippen LogP contribution in [0.1, 0.15) is 37.3 Å². The average molecular weight is 275 g/mol. The van der Waals surface area contributed by atoms with Crippen molar-refractivity contribution in [3.8, 4) is 6.07 Å². The summed E-state index contributed by atoms with van der Waals surface area (Å²) in [5.41, 5.74) is 1.21. The number of benzene rings is 1. The predicted octanol–water partition coefficient (Wildman–Crippen LogP) is 2.66. The molecule has 1 unspecified atom stereocenters. The number of halogens is 1. The molecule has 1 heterocycles. The van der Waals surface area contributed by atoms with E-state index < -0.39 is 0 Å². The zero-order valence-corrected chi connectivity index (χ0v) is 12.0. The van der Waals surface area contributed by atoms with E-state index in [-0.39, 0.29) is 5.82 Å². The molecule has 1 N–H and O–H groups in total. The Bertz CT molecular complexity index is 475. The van der Waals surface area contributed by atoms with Crippen LogP contribution < -0.4 is 5.32 Å². The topological polar surface area (TPSA) is 39.1 Å². The van der Waals surface area contributed by atoms with Crippen LogP contribution in [0.3, 0.4) is 0 Å². The highest BCUT2D eigenvalue weighted by Crippen LogP contribution is 2.10. The Morgan fingerprint density at radius 1 is 1.30 bits per heavy atom. The molecule has 4 heteroatoms. The van der Waals surface area contributed by atoms with Crippen LogP contribution in [0.25, 0.3) is 0 Å². The third-order valence-electron chi connectivity index (χ3n) is 3.72. The third-order valence-corrected chi connectivity index (χ3v) is 3.72. The highest BCUT2D eigenvalue weighted by Gasteiger charge is 2.13. The summed E-state index contributed by atoms with van der Waals surface area (Å²) in [4.78, 5) is 2.48. The lowest BCUT2D eigenvalue weighted by Crippen LogP contribution is -2.41. The van der Waals surface area contributed by atoms with Gasteiger partial charge in [-0.1, -0.05) is 6.42 Å². The quantitative estimate of drug-likeness (QED) is 0.898. The summed E-state index contributed by atoms with van der Waals surface area (Å²) in [7, 11) is 0. The Balaban J connectivity index is 1.82. The summed E-state index contributed by atoms with van der Waals surface area (Å²) >= 11 is 0. The fourth-order valence-corrected chi connectivity index (χ4v) is 2.70. The number of rotatable bonds is 5. The predicted molar refractivity (Wildman–Crippen MR) is 77.7 cm³/mol. The van der Waals surface area contributed by atoms with Crippen molar-refractivity contribution in [1.82, 2.24) is 10.2 Å². The molecule has 0 bridgehead atoms. The SMILES string of the molecule is CC(CN1CCCCC1)NCc1cc(F)cc(C#N)c1. The molecule has 1 aliphatic heterocycles. The molecule has 2 rings (SSSR count). The maximum atomic E-state index is 13.3. The first-order valence-electron chi connectivity index (χ1n) is 7.32. The fraction of sp³-hybridized carbons (Fsp3) is 0.562. The molecular formula is C16H22FN3. The van der Waals surface area contributed by atoms with E-state index in [1.165, 1.54) is 44.5 Å². The molecule has 0 spiro atoms. The Hall–Kier alpha value is -1.44. The van der Waals surface area contributed by atoms with Crippen LogP contribution in [0.4, 0.5) is 4.39 Å². The molecule has 0 aromatic heterocycles. The second-order valence-electron chi connectivity index (χ2n) is 5.60. The van der Waals surface area contributed by atoms with Gasteiger partial charge in [-0.05, 0) is 56.6 Å². The number of hydrogen-bond acceptors (Lipinski definition) is 3. The van der Waals surface area contributed by atoms with Crippen LogP contribution >= 0.6 is 0 Å². The zero-order valence-electron chi connectivity index (χ0n) is 12.0. The number of nitriles is 1. The van der Waals surface area contributed by atoms with Crippen molar-refractivity contribution in [1.29, 1.82) is 5.26 Å². The molecule has 0 saturated carbocycles. The van der Waals surface area contributed by atoms with Gasteiger partial charge in [0.2, 0.25) is 0 Å². The van der Waals surface area contributed by atoms with Gasteiger partial charge in [0.1, 0.15) is 5.82 Å². The summed E-state index contributed by atoms with van der Waals surface area (Å²) in [5.74, 6) is -0.343. The Kier molecular flexibility index (Phi) is 5.51. The minimum atomic E-state index is -0.343. The largest absolute Gasteiger partial charge is 0.309 e. The Morgan fingerprint density at radius 2 is 2.05 bits per heavy atom. The summed E-state index contributed by atoms with van der Waals surface area (Å²) in [6.45, 7) is 6.15. The molecule has 1 aromatic carbocycles. The lowest BCUT2D eigenvalue weighted by molar-refractivity contribution is 0.209. The summed E-state index contributed by atoms with van der Waals surface area (Å²) in [5, 5.41) is 12.2. The Morgan fingerprint density at radius 3 is 2.75 bits per heavy atom. The molecule has 108 valence electrons. The van der Waals surface area contributed by atoms with Gasteiger partial charge in [-0.3, -0.25) is 0 Å². The van der Waals surface area contributed by atoms with Crippen LogP contribution in [-0.4, -0.2) is 30.6 Å². The van der Waals surface area contributed by atoms with E-state index >= 15 is 0 Å². The molecule has 3 nitrogen and oxygen atoms in total. The molecular weight excluding hydrogens is 253 g/mol. The van der Waals surface area contributed by atoms with Crippen LogP contribution in [0.15, 0.2) is 18.2 Å². The standard InChI is InChI=1S/C16H22FN3/c1-13(12-20-5-3-2-4-6-20)19-11-15-7-14(10-18)8-16(17)9-15/h7-9,13,19H,2-6,11-12H2,1H3. The number of hydrogen-bond donors (Lipinski definition) is 1. The van der Waals surface area contributed by atoms with E-state index in [0.29, 0.717) is 18.2 Å². The molecule has 1 aromatic rings. The summed E-state index contributed by atoms with van der Waals surface area (Å²) < 4.78 is 13.3. The second-order valence-corrected chi connectivity index (χ2v) is 5.60. The van der Waals surface area contributed by atoms with Gasteiger partial charge in [0.25, 0.3) is 0 Å². The van der Waals surface area contributed by atoms with Crippen LogP contribution in [0, 0.1) is 17.1 Å².